The first kappa shape index (κ1) is 222. The average Bonchev–Trinajstić information content (AvgIpc) is 0. The fraction of sp³-hybridized carbons (Fsp3) is 0. The molecule has 0 aromatic heterocycles. The summed E-state index contributed by atoms with van der Waals surface area (Å²) in [6.07, 6.45) is 0. The van der Waals surface area contributed by atoms with Gasteiger partial charge in [0.15, 0.2) is 0 Å². The zero-order valence-electron chi connectivity index (χ0n) is 9.39. The molecule has 0 aromatic rings. The second kappa shape index (κ2) is 205. The van der Waals surface area contributed by atoms with Gasteiger partial charge in [-0.25, -0.2) is 0 Å². The van der Waals surface area contributed by atoms with Crippen LogP contribution in [0.5, 0.6) is 0 Å². The Morgan fingerprint density at radius 1 is 0.0435 bits per heavy atom. The molecule has 23 heteroatoms. The Labute approximate surface area is 470 Å². The van der Waals surface area contributed by atoms with Gasteiger partial charge in [0.1, 0.15) is 0 Å². The maximum absolute atomic E-state index is 0. The molecule has 138 valence electrons. The summed E-state index contributed by atoms with van der Waals surface area (Å²) in [5, 5.41) is 0. The van der Waals surface area contributed by atoms with Crippen molar-refractivity contribution in [3.63, 3.8) is 0 Å². The molecule has 0 saturated carbocycles. The van der Waals surface area contributed by atoms with Crippen LogP contribution in [-0.4, -0.2) is 0 Å². The molecule has 0 unspecified atom stereocenters. The van der Waals surface area contributed by atoms with Crippen molar-refractivity contribution in [2.24, 2.45) is 0 Å². The van der Waals surface area contributed by atoms with E-state index in [9.17, 15) is 0 Å². The van der Waals surface area contributed by atoms with Gasteiger partial charge < -0.3 is 0 Å². The van der Waals surface area contributed by atoms with E-state index in [0.29, 0.717) is 0 Å². The van der Waals surface area contributed by atoms with Crippen molar-refractivity contribution >= 4 is 0 Å². The van der Waals surface area contributed by atoms with Gasteiger partial charge in [0.25, 0.3) is 0 Å². The van der Waals surface area contributed by atoms with Gasteiger partial charge in [-0.3, -0.25) is 0 Å². The van der Waals surface area contributed by atoms with Crippen molar-refractivity contribution in [3.05, 3.63) is 0 Å². The normalized spacial score (nSPS) is 0. The molecule has 0 aliphatic carbocycles. The summed E-state index contributed by atoms with van der Waals surface area (Å²) in [7, 11) is 0. The van der Waals surface area contributed by atoms with Crippen LogP contribution in [0.4, 0.5) is 0 Å². The molecule has 0 fully saturated rings. The standard InChI is InChI=1S/23W. The quantitative estimate of drug-likeness (QED) is 0.320. The number of hydrogen-bond acceptors (Lipinski definition) is 0. The molecule has 0 aliphatic heterocycles. The summed E-state index contributed by atoms with van der Waals surface area (Å²) in [4.78, 5) is 0. The van der Waals surface area contributed by atoms with Crippen LogP contribution in [-0.2, 0) is 485 Å². The topological polar surface area (TPSA) is 0 Å². The van der Waals surface area contributed by atoms with Gasteiger partial charge in [-0.15, -0.1) is 0 Å². The predicted octanol–water partition coefficient (Wildman–Crippen LogP) is -0.0575. The van der Waals surface area contributed by atoms with Gasteiger partial charge in [-0.2, -0.15) is 0 Å². The van der Waals surface area contributed by atoms with Gasteiger partial charge in [0.05, 0.1) is 0 Å². The SMILES string of the molecule is [W].[W].[W].[W].[W].[W].[W].[W].[W].[W].[W].[W].[W].[W].[W].[W].[W].[W].[W].[W].[W].[W].[W]. The van der Waals surface area contributed by atoms with Crippen LogP contribution in [0.3, 0.4) is 0 Å². The molecular weight excluding hydrogens is 4230 g/mol. The summed E-state index contributed by atoms with van der Waals surface area (Å²) in [5.74, 6) is 0. The molecule has 0 nitrogen and oxygen atoms in total. The molecule has 23 heavy (non-hydrogen) atoms. The number of hydrogen-bond donors (Lipinski definition) is 0. The van der Waals surface area contributed by atoms with E-state index in [0.717, 1.165) is 0 Å². The molecule has 0 heterocycles. The van der Waals surface area contributed by atoms with Gasteiger partial charge >= 0.3 is 0 Å². The molecule has 0 spiro atoms. The number of rotatable bonds is 0. The van der Waals surface area contributed by atoms with Crippen LogP contribution in [0.2, 0.25) is 0 Å². The van der Waals surface area contributed by atoms with E-state index < -0.39 is 0 Å². The van der Waals surface area contributed by atoms with Crippen molar-refractivity contribution in [2.45, 2.75) is 0 Å². The molecule has 0 bridgehead atoms. The maximum atomic E-state index is 0. The fourth-order valence-electron chi connectivity index (χ4n) is 0. The van der Waals surface area contributed by atoms with Crippen molar-refractivity contribution in [1.29, 1.82) is 0 Å². The van der Waals surface area contributed by atoms with Crippen molar-refractivity contribution in [1.82, 2.24) is 0 Å². The minimum absolute atomic E-state index is 0. The van der Waals surface area contributed by atoms with E-state index >= 15 is 0 Å². The van der Waals surface area contributed by atoms with E-state index in [1.165, 1.54) is 0 Å². The average molecular weight is 4230 g/mol. The smallest absolute Gasteiger partial charge is 0 e. The minimum atomic E-state index is 0. The molecular formula is W23. The molecule has 0 radical (unpaired) electrons. The second-order valence-corrected chi connectivity index (χ2v) is 0. The summed E-state index contributed by atoms with van der Waals surface area (Å²) in [6.45, 7) is 0. The summed E-state index contributed by atoms with van der Waals surface area (Å²) in [6, 6.07) is 0. The predicted molar refractivity (Wildman–Crippen MR) is 0 cm³/mol. The maximum Gasteiger partial charge on any atom is 0 e. The zero-order valence-corrected chi connectivity index (χ0v) is 76.9. The zero-order chi connectivity index (χ0) is 0. The van der Waals surface area contributed by atoms with Crippen LogP contribution in [0, 0.1) is 0 Å². The van der Waals surface area contributed by atoms with Gasteiger partial charge in [0.2, 0.25) is 0 Å². The van der Waals surface area contributed by atoms with Crippen LogP contribution in [0.15, 0.2) is 0 Å². The Balaban J connectivity index is 0. The van der Waals surface area contributed by atoms with E-state index in [1.807, 2.05) is 0 Å². The first-order valence-electron chi connectivity index (χ1n) is 0. The first-order chi connectivity index (χ1) is 0. The summed E-state index contributed by atoms with van der Waals surface area (Å²) < 4.78 is 0. The Hall–Kier alpha value is 15.8. The molecule has 0 saturated heterocycles. The molecule has 0 aliphatic rings. The van der Waals surface area contributed by atoms with E-state index in [2.05, 4.69) is 0 Å². The third kappa shape index (κ3) is 194. The Morgan fingerprint density at radius 3 is 0.0435 bits per heavy atom. The third-order valence-electron chi connectivity index (χ3n) is 0. The van der Waals surface area contributed by atoms with Crippen LogP contribution < -0.4 is 0 Å². The minimum Gasteiger partial charge on any atom is 0 e. The van der Waals surface area contributed by atoms with Crippen LogP contribution >= 0.6 is 0 Å². The molecule has 0 N–H and O–H groups in total. The largest absolute Gasteiger partial charge is 0 e. The Kier molecular flexibility index (Phi) is 1970. The van der Waals surface area contributed by atoms with Crippen LogP contribution in [0.25, 0.3) is 0 Å². The van der Waals surface area contributed by atoms with Gasteiger partial charge in [-0.05, 0) is 0 Å². The molecule has 0 amide bonds. The first-order valence-corrected chi connectivity index (χ1v) is 0. The summed E-state index contributed by atoms with van der Waals surface area (Å²) >= 11 is 0. The molecule has 0 aromatic carbocycles. The van der Waals surface area contributed by atoms with Crippen molar-refractivity contribution < 1.29 is 485 Å². The monoisotopic (exact) mass is 4230 g/mol. The van der Waals surface area contributed by atoms with Crippen molar-refractivity contribution in [2.75, 3.05) is 0 Å². The summed E-state index contributed by atoms with van der Waals surface area (Å²) in [5.41, 5.74) is 0. The molecule has 0 atom stereocenters. The Morgan fingerprint density at radius 2 is 0.0435 bits per heavy atom. The fourth-order valence-corrected chi connectivity index (χ4v) is 0. The van der Waals surface area contributed by atoms with E-state index in [1.54, 1.807) is 0 Å². The van der Waals surface area contributed by atoms with Gasteiger partial charge in [-0.1, -0.05) is 0 Å². The van der Waals surface area contributed by atoms with E-state index in [4.69, 9.17) is 0 Å². The van der Waals surface area contributed by atoms with Crippen LogP contribution in [0.1, 0.15) is 0 Å². The van der Waals surface area contributed by atoms with E-state index in [-0.39, 0.29) is 485 Å². The third-order valence-corrected chi connectivity index (χ3v) is 0. The van der Waals surface area contributed by atoms with Gasteiger partial charge in [0, 0.05) is 485 Å². The Bertz CT molecular complexity index is 0. The van der Waals surface area contributed by atoms with Crippen molar-refractivity contribution in [3.8, 4) is 0 Å². The molecule has 0 rings (SSSR count). The second-order valence-electron chi connectivity index (χ2n) is 0.